The Hall–Kier alpha value is -2.54. The van der Waals surface area contributed by atoms with Crippen molar-refractivity contribution in [2.75, 3.05) is 5.32 Å². The predicted octanol–water partition coefficient (Wildman–Crippen LogP) is 3.45. The van der Waals surface area contributed by atoms with Crippen molar-refractivity contribution in [3.63, 3.8) is 0 Å². The minimum absolute atomic E-state index is 0.0843. The van der Waals surface area contributed by atoms with Gasteiger partial charge < -0.3 is 15.4 Å². The molecule has 6 nitrogen and oxygen atoms in total. The zero-order valence-corrected chi connectivity index (χ0v) is 15.1. The molecule has 7 heteroatoms. The van der Waals surface area contributed by atoms with Gasteiger partial charge in [-0.25, -0.2) is 9.97 Å². The van der Waals surface area contributed by atoms with Crippen molar-refractivity contribution in [1.82, 2.24) is 15.3 Å². The zero-order valence-electron chi connectivity index (χ0n) is 14.2. The molecule has 0 aliphatic heterocycles. The molecule has 2 heterocycles. The third kappa shape index (κ3) is 4.73. The summed E-state index contributed by atoms with van der Waals surface area (Å²) < 4.78 is 5.55. The number of hydrogen-bond acceptors (Lipinski definition) is 5. The number of rotatable bonds is 5. The van der Waals surface area contributed by atoms with Crippen LogP contribution >= 0.6 is 12.2 Å². The van der Waals surface area contributed by atoms with Crippen LogP contribution in [0.5, 0.6) is 5.75 Å². The van der Waals surface area contributed by atoms with Gasteiger partial charge in [-0.1, -0.05) is 6.07 Å². The number of pyridine rings is 2. The van der Waals surface area contributed by atoms with Crippen LogP contribution in [0.15, 0.2) is 36.7 Å². The van der Waals surface area contributed by atoms with Gasteiger partial charge in [-0.2, -0.15) is 0 Å². The highest BCUT2D eigenvalue weighted by Gasteiger charge is 2.26. The Morgan fingerprint density at radius 1 is 1.28 bits per heavy atom. The highest BCUT2D eigenvalue weighted by Crippen LogP contribution is 2.42. The van der Waals surface area contributed by atoms with E-state index in [1.165, 1.54) is 18.4 Å². The summed E-state index contributed by atoms with van der Waals surface area (Å²) in [5.41, 5.74) is 1.66. The fourth-order valence-electron chi connectivity index (χ4n) is 2.43. The number of nitrogens with zero attached hydrogens (tertiary/aromatic N) is 2. The van der Waals surface area contributed by atoms with Crippen LogP contribution in [0.2, 0.25) is 0 Å². The molecule has 1 aliphatic rings. The fourth-order valence-corrected chi connectivity index (χ4v) is 2.63. The molecule has 130 valence electrons. The number of thiocarbonyl (C=S) groups is 1. The summed E-state index contributed by atoms with van der Waals surface area (Å²) in [6.07, 6.45) is 5.79. The van der Waals surface area contributed by atoms with Crippen LogP contribution in [0.1, 0.15) is 43.9 Å². The van der Waals surface area contributed by atoms with Crippen molar-refractivity contribution >= 4 is 29.0 Å². The van der Waals surface area contributed by atoms with E-state index in [9.17, 15) is 0 Å². The van der Waals surface area contributed by atoms with E-state index in [-0.39, 0.29) is 11.9 Å². The average Bonchev–Trinajstić information content (AvgIpc) is 3.40. The van der Waals surface area contributed by atoms with Crippen molar-refractivity contribution in [3.8, 4) is 5.75 Å². The molecule has 0 bridgehead atoms. The second kappa shape index (κ2) is 7.57. The maximum absolute atomic E-state index is 8.13. The lowest BCUT2D eigenvalue weighted by Crippen LogP contribution is -2.35. The molecule has 0 radical (unpaired) electrons. The first-order valence-electron chi connectivity index (χ1n) is 8.27. The van der Waals surface area contributed by atoms with Gasteiger partial charge in [0.15, 0.2) is 10.9 Å². The molecular formula is C18H21N5OS. The molecule has 25 heavy (non-hydrogen) atoms. The monoisotopic (exact) mass is 355 g/mol. The Bertz CT molecular complexity index is 771. The summed E-state index contributed by atoms with van der Waals surface area (Å²) >= 11 is 5.31. The lowest BCUT2D eigenvalue weighted by atomic mass is 10.2. The van der Waals surface area contributed by atoms with Gasteiger partial charge in [0.25, 0.3) is 0 Å². The van der Waals surface area contributed by atoms with E-state index < -0.39 is 0 Å². The van der Waals surface area contributed by atoms with Gasteiger partial charge in [0.05, 0.1) is 12.3 Å². The third-order valence-corrected chi connectivity index (χ3v) is 3.89. The maximum atomic E-state index is 8.13. The van der Waals surface area contributed by atoms with Crippen molar-refractivity contribution in [2.45, 2.75) is 38.7 Å². The van der Waals surface area contributed by atoms with E-state index in [0.717, 1.165) is 5.82 Å². The van der Waals surface area contributed by atoms with Crippen molar-refractivity contribution in [1.29, 1.82) is 5.41 Å². The molecular weight excluding hydrogens is 334 g/mol. The molecule has 0 aromatic carbocycles. The van der Waals surface area contributed by atoms with Crippen LogP contribution < -0.4 is 15.4 Å². The van der Waals surface area contributed by atoms with E-state index in [0.29, 0.717) is 22.5 Å². The van der Waals surface area contributed by atoms with Gasteiger partial charge in [0, 0.05) is 6.20 Å². The van der Waals surface area contributed by atoms with Gasteiger partial charge >= 0.3 is 0 Å². The fraction of sp³-hybridized carbons (Fsp3) is 0.333. The molecule has 2 aromatic heterocycles. The Morgan fingerprint density at radius 2 is 2.08 bits per heavy atom. The molecule has 1 fully saturated rings. The van der Waals surface area contributed by atoms with E-state index in [1.54, 1.807) is 24.5 Å². The largest absolute Gasteiger partial charge is 0.489 e. The topological polar surface area (TPSA) is 82.9 Å². The molecule has 0 amide bonds. The Labute approximate surface area is 152 Å². The van der Waals surface area contributed by atoms with Crippen LogP contribution in [-0.4, -0.2) is 27.0 Å². The second-order valence-electron chi connectivity index (χ2n) is 6.22. The summed E-state index contributed by atoms with van der Waals surface area (Å²) in [7, 11) is 0. The summed E-state index contributed by atoms with van der Waals surface area (Å²) in [6.45, 7) is 3.91. The first-order chi connectivity index (χ1) is 12.0. The van der Waals surface area contributed by atoms with Crippen LogP contribution in [0.4, 0.5) is 5.82 Å². The Balaban J connectivity index is 1.60. The standard InChI is InChI=1S/C18H21N5OS/c1-11(2)24-13-7-8-15(21-10-13)16(19)22-18(25)23-17-14(12-5-6-12)4-3-9-20-17/h3-4,7-12H,5-6H2,1-2H3,(H3,19,20,22,23,25). The normalized spacial score (nSPS) is 13.4. The van der Waals surface area contributed by atoms with Gasteiger partial charge in [0.1, 0.15) is 17.3 Å². The molecule has 0 spiro atoms. The summed E-state index contributed by atoms with van der Waals surface area (Å²) in [6, 6.07) is 7.52. The number of amidine groups is 1. The highest BCUT2D eigenvalue weighted by molar-refractivity contribution is 7.80. The molecule has 0 saturated heterocycles. The first kappa shape index (κ1) is 17.3. The predicted molar refractivity (Wildman–Crippen MR) is 102 cm³/mol. The first-order valence-corrected chi connectivity index (χ1v) is 8.68. The summed E-state index contributed by atoms with van der Waals surface area (Å²) in [5.74, 6) is 2.12. The van der Waals surface area contributed by atoms with Crippen LogP contribution in [0.3, 0.4) is 0 Å². The van der Waals surface area contributed by atoms with E-state index in [4.69, 9.17) is 22.4 Å². The van der Waals surface area contributed by atoms with Crippen molar-refractivity contribution < 1.29 is 4.74 Å². The van der Waals surface area contributed by atoms with Crippen LogP contribution in [0.25, 0.3) is 0 Å². The third-order valence-electron chi connectivity index (χ3n) is 3.69. The lowest BCUT2D eigenvalue weighted by Gasteiger charge is -2.13. The van der Waals surface area contributed by atoms with Crippen LogP contribution in [0, 0.1) is 5.41 Å². The Morgan fingerprint density at radius 3 is 2.72 bits per heavy atom. The summed E-state index contributed by atoms with van der Waals surface area (Å²) in [4.78, 5) is 8.59. The van der Waals surface area contributed by atoms with E-state index in [1.807, 2.05) is 19.9 Å². The van der Waals surface area contributed by atoms with E-state index in [2.05, 4.69) is 26.7 Å². The van der Waals surface area contributed by atoms with Gasteiger partial charge in [0.2, 0.25) is 0 Å². The second-order valence-corrected chi connectivity index (χ2v) is 6.62. The number of aromatic nitrogens is 2. The highest BCUT2D eigenvalue weighted by atomic mass is 32.1. The zero-order chi connectivity index (χ0) is 17.8. The van der Waals surface area contributed by atoms with Crippen molar-refractivity contribution in [3.05, 3.63) is 47.9 Å². The van der Waals surface area contributed by atoms with Gasteiger partial charge in [-0.3, -0.25) is 5.41 Å². The molecule has 0 atom stereocenters. The molecule has 3 rings (SSSR count). The van der Waals surface area contributed by atoms with Gasteiger partial charge in [-0.15, -0.1) is 0 Å². The minimum Gasteiger partial charge on any atom is -0.489 e. The molecule has 1 aliphatic carbocycles. The number of anilines is 1. The quantitative estimate of drug-likeness (QED) is 0.433. The van der Waals surface area contributed by atoms with Crippen LogP contribution in [-0.2, 0) is 0 Å². The lowest BCUT2D eigenvalue weighted by molar-refractivity contribution is 0.241. The number of ether oxygens (including phenoxy) is 1. The van der Waals surface area contributed by atoms with Crippen molar-refractivity contribution in [2.24, 2.45) is 0 Å². The maximum Gasteiger partial charge on any atom is 0.177 e. The molecule has 0 unspecified atom stereocenters. The smallest absolute Gasteiger partial charge is 0.177 e. The molecule has 1 saturated carbocycles. The SMILES string of the molecule is CC(C)Oc1ccc(C(=N)NC(=S)Nc2ncccc2C2CC2)nc1. The Kier molecular flexibility index (Phi) is 5.23. The summed E-state index contributed by atoms with van der Waals surface area (Å²) in [5, 5.41) is 14.4. The van der Waals surface area contributed by atoms with E-state index >= 15 is 0 Å². The molecule has 3 N–H and O–H groups in total. The number of nitrogens with one attached hydrogen (secondary N) is 3. The number of hydrogen-bond donors (Lipinski definition) is 3. The minimum atomic E-state index is 0.0843. The van der Waals surface area contributed by atoms with Gasteiger partial charge in [-0.05, 0) is 68.6 Å². The molecule has 2 aromatic rings. The average molecular weight is 355 g/mol.